The second kappa shape index (κ2) is 12.2. The molecular formula is C17H25BrN4S. The van der Waals surface area contributed by atoms with Gasteiger partial charge in [0, 0.05) is 35.7 Å². The number of thiazole rings is 1. The zero-order valence-corrected chi connectivity index (χ0v) is 16.5. The van der Waals surface area contributed by atoms with Crippen molar-refractivity contribution in [2.24, 2.45) is 10.2 Å². The van der Waals surface area contributed by atoms with Crippen molar-refractivity contribution in [1.82, 2.24) is 4.98 Å². The summed E-state index contributed by atoms with van der Waals surface area (Å²) in [7, 11) is 0. The first-order valence-corrected chi connectivity index (χ1v) is 9.97. The minimum Gasteiger partial charge on any atom is -0.372 e. The lowest BCUT2D eigenvalue weighted by Crippen LogP contribution is -2.21. The molecule has 0 aliphatic carbocycles. The first-order chi connectivity index (χ1) is 11.2. The molecule has 0 bridgehead atoms. The van der Waals surface area contributed by atoms with Crippen LogP contribution in [0.15, 0.2) is 46.1 Å². The molecule has 126 valence electrons. The van der Waals surface area contributed by atoms with Crippen LogP contribution in [0.5, 0.6) is 0 Å². The predicted molar refractivity (Wildman–Crippen MR) is 105 cm³/mol. The molecule has 0 saturated carbocycles. The van der Waals surface area contributed by atoms with Crippen LogP contribution in [0.2, 0.25) is 0 Å². The molecule has 0 aliphatic heterocycles. The van der Waals surface area contributed by atoms with Crippen LogP contribution in [0.25, 0.3) is 0 Å². The molecule has 0 amide bonds. The van der Waals surface area contributed by atoms with Crippen molar-refractivity contribution in [3.05, 3.63) is 35.8 Å². The number of unbranched alkanes of at least 4 members (excludes halogenated alkanes) is 1. The molecule has 6 heteroatoms. The van der Waals surface area contributed by atoms with Crippen LogP contribution in [0.1, 0.15) is 33.6 Å². The van der Waals surface area contributed by atoms with Crippen molar-refractivity contribution >= 4 is 43.8 Å². The van der Waals surface area contributed by atoms with E-state index in [1.807, 2.05) is 17.5 Å². The number of benzene rings is 1. The van der Waals surface area contributed by atoms with Crippen molar-refractivity contribution in [2.45, 2.75) is 33.6 Å². The fraction of sp³-hybridized carbons (Fsp3) is 0.471. The summed E-state index contributed by atoms with van der Waals surface area (Å²) in [6.07, 6.45) is 4.33. The van der Waals surface area contributed by atoms with Gasteiger partial charge in [0.1, 0.15) is 0 Å². The maximum absolute atomic E-state index is 4.16. The van der Waals surface area contributed by atoms with E-state index in [0.29, 0.717) is 5.13 Å². The second-order valence-electron chi connectivity index (χ2n) is 4.75. The third-order valence-corrected chi connectivity index (χ3v) is 4.35. The van der Waals surface area contributed by atoms with Gasteiger partial charge in [-0.3, -0.25) is 0 Å². The lowest BCUT2D eigenvalue weighted by molar-refractivity contribution is 0.866. The largest absolute Gasteiger partial charge is 0.372 e. The fourth-order valence-electron chi connectivity index (χ4n) is 1.82. The first kappa shape index (κ1) is 19.8. The number of alkyl halides is 1. The van der Waals surface area contributed by atoms with Crippen LogP contribution in [0.4, 0.5) is 16.5 Å². The SMILES string of the molecule is CCCCBr.CCN(CC)c1ccc(N=Nc2nccs2)cc1. The van der Waals surface area contributed by atoms with Gasteiger partial charge in [-0.15, -0.1) is 21.6 Å². The maximum Gasteiger partial charge on any atom is 0.229 e. The molecule has 1 heterocycles. The van der Waals surface area contributed by atoms with Crippen LogP contribution in [-0.2, 0) is 0 Å². The summed E-state index contributed by atoms with van der Waals surface area (Å²) in [5.74, 6) is 0. The fourth-order valence-corrected chi connectivity index (χ4v) is 2.83. The Morgan fingerprint density at radius 1 is 1.09 bits per heavy atom. The van der Waals surface area contributed by atoms with Crippen LogP contribution in [-0.4, -0.2) is 23.4 Å². The monoisotopic (exact) mass is 396 g/mol. The van der Waals surface area contributed by atoms with E-state index in [1.165, 1.54) is 29.9 Å². The van der Waals surface area contributed by atoms with Gasteiger partial charge in [0.15, 0.2) is 0 Å². The molecule has 4 nitrogen and oxygen atoms in total. The molecule has 23 heavy (non-hydrogen) atoms. The Morgan fingerprint density at radius 3 is 2.22 bits per heavy atom. The van der Waals surface area contributed by atoms with E-state index in [4.69, 9.17) is 0 Å². The lowest BCUT2D eigenvalue weighted by Gasteiger charge is -2.20. The minimum atomic E-state index is 0.683. The Bertz CT molecular complexity index is 534. The van der Waals surface area contributed by atoms with Gasteiger partial charge in [0.2, 0.25) is 5.13 Å². The number of nitrogens with zero attached hydrogens (tertiary/aromatic N) is 4. The lowest BCUT2D eigenvalue weighted by atomic mass is 10.2. The first-order valence-electron chi connectivity index (χ1n) is 7.97. The van der Waals surface area contributed by atoms with Crippen LogP contribution < -0.4 is 4.90 Å². The normalized spacial score (nSPS) is 10.4. The molecule has 1 aromatic heterocycles. The molecular weight excluding hydrogens is 372 g/mol. The summed E-state index contributed by atoms with van der Waals surface area (Å²) in [6, 6.07) is 8.10. The van der Waals surface area contributed by atoms with Gasteiger partial charge in [0.25, 0.3) is 0 Å². The van der Waals surface area contributed by atoms with Gasteiger partial charge in [0.05, 0.1) is 5.69 Å². The Morgan fingerprint density at radius 2 is 1.78 bits per heavy atom. The topological polar surface area (TPSA) is 40.9 Å². The third kappa shape index (κ3) is 7.70. The van der Waals surface area contributed by atoms with Crippen LogP contribution >= 0.6 is 27.3 Å². The highest BCUT2D eigenvalue weighted by Crippen LogP contribution is 2.22. The molecule has 2 aromatic rings. The Hall–Kier alpha value is -1.27. The summed E-state index contributed by atoms with van der Waals surface area (Å²) >= 11 is 4.79. The van der Waals surface area contributed by atoms with Gasteiger partial charge in [-0.05, 0) is 44.5 Å². The van der Waals surface area contributed by atoms with Gasteiger partial charge < -0.3 is 4.90 Å². The second-order valence-corrected chi connectivity index (χ2v) is 6.41. The van der Waals surface area contributed by atoms with E-state index in [9.17, 15) is 0 Å². The highest BCUT2D eigenvalue weighted by Gasteiger charge is 2.00. The molecule has 2 rings (SSSR count). The van der Waals surface area contributed by atoms with Crippen molar-refractivity contribution < 1.29 is 0 Å². The van der Waals surface area contributed by atoms with Crippen molar-refractivity contribution in [3.8, 4) is 0 Å². The van der Waals surface area contributed by atoms with Gasteiger partial charge >= 0.3 is 0 Å². The van der Waals surface area contributed by atoms with Crippen molar-refractivity contribution in [3.63, 3.8) is 0 Å². The zero-order valence-electron chi connectivity index (χ0n) is 14.1. The molecule has 0 unspecified atom stereocenters. The maximum atomic E-state index is 4.16. The Labute approximate surface area is 151 Å². The predicted octanol–water partition coefficient (Wildman–Crippen LogP) is 6.59. The van der Waals surface area contributed by atoms with E-state index in [0.717, 1.165) is 24.1 Å². The number of rotatable bonds is 7. The summed E-state index contributed by atoms with van der Waals surface area (Å²) in [4.78, 5) is 6.35. The Kier molecular flexibility index (Phi) is 10.5. The number of hydrogen-bond donors (Lipinski definition) is 0. The summed E-state index contributed by atoms with van der Waals surface area (Å²) in [6.45, 7) is 8.51. The van der Waals surface area contributed by atoms with E-state index < -0.39 is 0 Å². The standard InChI is InChI=1S/C13H16N4S.C4H9Br/c1-3-17(4-2)12-7-5-11(6-8-12)15-16-13-14-9-10-18-13;1-2-3-4-5/h5-10H,3-4H2,1-2H3;2-4H2,1H3. The van der Waals surface area contributed by atoms with Gasteiger partial charge in [-0.2, -0.15) is 0 Å². The summed E-state index contributed by atoms with van der Waals surface area (Å²) < 4.78 is 0. The number of halogens is 1. The van der Waals surface area contributed by atoms with E-state index in [2.05, 4.69) is 68.9 Å². The molecule has 1 aromatic carbocycles. The van der Waals surface area contributed by atoms with E-state index >= 15 is 0 Å². The average Bonchev–Trinajstić information content (AvgIpc) is 3.10. The highest BCUT2D eigenvalue weighted by atomic mass is 79.9. The van der Waals surface area contributed by atoms with Crippen LogP contribution in [0, 0.1) is 0 Å². The number of hydrogen-bond acceptors (Lipinski definition) is 5. The smallest absolute Gasteiger partial charge is 0.229 e. The van der Waals surface area contributed by atoms with E-state index in [-0.39, 0.29) is 0 Å². The summed E-state index contributed by atoms with van der Waals surface area (Å²) in [5.41, 5.74) is 2.06. The van der Waals surface area contributed by atoms with Gasteiger partial charge in [-0.25, -0.2) is 4.98 Å². The van der Waals surface area contributed by atoms with E-state index in [1.54, 1.807) is 6.20 Å². The van der Waals surface area contributed by atoms with Crippen molar-refractivity contribution in [2.75, 3.05) is 23.3 Å². The summed E-state index contributed by atoms with van der Waals surface area (Å²) in [5, 5.41) is 12.0. The Balaban J connectivity index is 0.000000463. The zero-order chi connectivity index (χ0) is 16.9. The number of anilines is 1. The molecule has 0 atom stereocenters. The highest BCUT2D eigenvalue weighted by molar-refractivity contribution is 9.09. The van der Waals surface area contributed by atoms with Gasteiger partial charge in [-0.1, -0.05) is 29.3 Å². The minimum absolute atomic E-state index is 0.683. The van der Waals surface area contributed by atoms with Crippen LogP contribution in [0.3, 0.4) is 0 Å². The number of azo groups is 1. The molecule has 0 saturated heterocycles. The molecule has 0 radical (unpaired) electrons. The third-order valence-electron chi connectivity index (χ3n) is 3.14. The molecule has 0 fully saturated rings. The quantitative estimate of drug-likeness (QED) is 0.391. The number of aromatic nitrogens is 1. The average molecular weight is 397 g/mol. The van der Waals surface area contributed by atoms with Crippen molar-refractivity contribution in [1.29, 1.82) is 0 Å². The molecule has 0 spiro atoms. The molecule has 0 N–H and O–H groups in total. The molecule has 0 aliphatic rings.